The molecule has 2 aromatic rings. The van der Waals surface area contributed by atoms with E-state index in [9.17, 15) is 9.46 Å². The molecule has 0 aliphatic carbocycles. The second-order valence-corrected chi connectivity index (χ2v) is 18.2. The fourth-order valence-electron chi connectivity index (χ4n) is 5.01. The van der Waals surface area contributed by atoms with Gasteiger partial charge in [0.25, 0.3) is 0 Å². The SMILES string of the molecule is CC[Si](C#CCCCCCCCCCCCOCCCOP(=O)(O)CO[C@H](C)Cn1cnc2c(N)ncnc21)(CC)CC. The van der Waals surface area contributed by atoms with Crippen molar-refractivity contribution in [3.63, 3.8) is 0 Å². The molecule has 0 radical (unpaired) electrons. The number of nitrogens with zero attached hydrogens (tertiary/aromatic N) is 4. The highest BCUT2D eigenvalue weighted by Crippen LogP contribution is 2.42. The molecule has 0 aromatic carbocycles. The normalized spacial score (nSPS) is 14.0. The smallest absolute Gasteiger partial charge is 0.353 e. The number of nitrogen functional groups attached to an aromatic ring is 1. The molecule has 0 spiro atoms. The number of aromatic nitrogens is 4. The van der Waals surface area contributed by atoms with Crippen molar-refractivity contribution in [2.24, 2.45) is 0 Å². The van der Waals surface area contributed by atoms with Crippen LogP contribution in [0.4, 0.5) is 5.82 Å². The summed E-state index contributed by atoms with van der Waals surface area (Å²) >= 11 is 0. The summed E-state index contributed by atoms with van der Waals surface area (Å²) in [6, 6.07) is 3.88. The predicted octanol–water partition coefficient (Wildman–Crippen LogP) is 7.33. The van der Waals surface area contributed by atoms with Crippen molar-refractivity contribution in [1.29, 1.82) is 0 Å². The number of rotatable bonds is 24. The zero-order chi connectivity index (χ0) is 31.4. The Hall–Kier alpha value is -1.80. The van der Waals surface area contributed by atoms with Crippen LogP contribution in [0, 0.1) is 11.5 Å². The predicted molar refractivity (Wildman–Crippen MR) is 178 cm³/mol. The standard InChI is InChI=1S/C31H56N5O5PSi/c1-5-43(6-2,7-3)23-18-16-14-12-10-8-9-11-13-15-17-20-39-21-19-22-41-42(37,38)27-40-28(4)24-36-26-35-29-30(32)33-25-34-31(29)36/h25-26,28H,5-17,19-22,24,27H2,1-4H3,(H,37,38)(H2,32,33,34)/t28-/m1/s1. The Labute approximate surface area is 260 Å². The Bertz CT molecular complexity index is 1140. The maximum atomic E-state index is 12.3. The van der Waals surface area contributed by atoms with Gasteiger partial charge in [-0.3, -0.25) is 4.57 Å². The molecule has 43 heavy (non-hydrogen) atoms. The van der Waals surface area contributed by atoms with Crippen LogP contribution < -0.4 is 5.73 Å². The number of hydrogen-bond donors (Lipinski definition) is 2. The maximum absolute atomic E-state index is 12.3. The van der Waals surface area contributed by atoms with Crippen LogP contribution >= 0.6 is 7.60 Å². The summed E-state index contributed by atoms with van der Waals surface area (Å²) in [5, 5.41) is 0. The summed E-state index contributed by atoms with van der Waals surface area (Å²) in [4.78, 5) is 22.4. The summed E-state index contributed by atoms with van der Waals surface area (Å²) in [6.07, 6.45) is 15.2. The van der Waals surface area contributed by atoms with Crippen LogP contribution in [0.5, 0.6) is 0 Å². The van der Waals surface area contributed by atoms with Crippen molar-refractivity contribution in [2.45, 2.75) is 129 Å². The van der Waals surface area contributed by atoms with Crippen LogP contribution in [-0.4, -0.2) is 64.8 Å². The first-order chi connectivity index (χ1) is 20.8. The average Bonchev–Trinajstić information content (AvgIpc) is 3.41. The van der Waals surface area contributed by atoms with E-state index in [1.165, 1.54) is 75.8 Å². The fourth-order valence-corrected chi connectivity index (χ4v) is 8.47. The van der Waals surface area contributed by atoms with Gasteiger partial charge in [0, 0.05) is 19.6 Å². The number of anilines is 1. The van der Waals surface area contributed by atoms with Crippen molar-refractivity contribution in [2.75, 3.05) is 31.9 Å². The third-order valence-electron chi connectivity index (χ3n) is 8.11. The van der Waals surface area contributed by atoms with E-state index < -0.39 is 15.7 Å². The number of ether oxygens (including phenoxy) is 2. The average molecular weight is 638 g/mol. The van der Waals surface area contributed by atoms with E-state index in [4.69, 9.17) is 19.7 Å². The minimum absolute atomic E-state index is 0.152. The monoisotopic (exact) mass is 637 g/mol. The Balaban J connectivity index is 1.39. The molecule has 3 N–H and O–H groups in total. The van der Waals surface area contributed by atoms with Crippen LogP contribution in [0.1, 0.15) is 98.3 Å². The van der Waals surface area contributed by atoms with Crippen LogP contribution in [0.3, 0.4) is 0 Å². The molecule has 12 heteroatoms. The molecule has 244 valence electrons. The Morgan fingerprint density at radius 2 is 1.56 bits per heavy atom. The largest absolute Gasteiger partial charge is 0.382 e. The summed E-state index contributed by atoms with van der Waals surface area (Å²) in [5.74, 6) is 3.82. The summed E-state index contributed by atoms with van der Waals surface area (Å²) in [6.45, 7) is 10.5. The zero-order valence-electron chi connectivity index (χ0n) is 27.1. The first-order valence-electron chi connectivity index (χ1n) is 16.3. The highest BCUT2D eigenvalue weighted by atomic mass is 31.2. The van der Waals surface area contributed by atoms with Gasteiger partial charge in [-0.25, -0.2) is 15.0 Å². The number of hydrogen-bond acceptors (Lipinski definition) is 8. The summed E-state index contributed by atoms with van der Waals surface area (Å²) in [5.41, 5.74) is 10.6. The van der Waals surface area contributed by atoms with Crippen molar-refractivity contribution >= 4 is 32.7 Å². The van der Waals surface area contributed by atoms with E-state index in [0.717, 1.165) is 19.4 Å². The molecule has 0 bridgehead atoms. The van der Waals surface area contributed by atoms with Crippen LogP contribution in [0.2, 0.25) is 18.1 Å². The van der Waals surface area contributed by atoms with Gasteiger partial charge in [-0.15, -0.1) is 11.5 Å². The lowest BCUT2D eigenvalue weighted by molar-refractivity contribution is 0.0688. The van der Waals surface area contributed by atoms with Crippen molar-refractivity contribution in [3.05, 3.63) is 12.7 Å². The topological polar surface area (TPSA) is 135 Å². The second-order valence-electron chi connectivity index (χ2n) is 11.4. The molecule has 2 aromatic heterocycles. The molecule has 0 fully saturated rings. The van der Waals surface area contributed by atoms with Crippen molar-refractivity contribution in [3.8, 4) is 11.5 Å². The molecule has 1 unspecified atom stereocenters. The number of fused-ring (bicyclic) bond motifs is 1. The van der Waals surface area contributed by atoms with Gasteiger partial charge < -0.3 is 29.2 Å². The van der Waals surface area contributed by atoms with E-state index in [-0.39, 0.29) is 19.1 Å². The van der Waals surface area contributed by atoms with E-state index in [2.05, 4.69) is 47.2 Å². The Morgan fingerprint density at radius 3 is 2.23 bits per heavy atom. The second kappa shape index (κ2) is 21.0. The lowest BCUT2D eigenvalue weighted by Crippen LogP contribution is -2.29. The lowest BCUT2D eigenvalue weighted by Gasteiger charge is -2.20. The first-order valence-corrected chi connectivity index (χ1v) is 20.7. The highest BCUT2D eigenvalue weighted by Gasteiger charge is 2.24. The van der Waals surface area contributed by atoms with Crippen molar-refractivity contribution in [1.82, 2.24) is 19.5 Å². The third-order valence-corrected chi connectivity index (χ3v) is 13.9. The van der Waals surface area contributed by atoms with Gasteiger partial charge >= 0.3 is 7.60 Å². The molecule has 2 atom stereocenters. The molecular weight excluding hydrogens is 581 g/mol. The van der Waals surface area contributed by atoms with Gasteiger partial charge in [0.05, 0.1) is 25.6 Å². The third kappa shape index (κ3) is 14.7. The minimum Gasteiger partial charge on any atom is -0.382 e. The molecule has 0 saturated carbocycles. The molecule has 0 saturated heterocycles. The molecule has 2 heterocycles. The van der Waals surface area contributed by atoms with Crippen LogP contribution in [0.15, 0.2) is 12.7 Å². The number of unbranched alkanes of at least 4 members (excludes halogenated alkanes) is 9. The van der Waals surface area contributed by atoms with Gasteiger partial charge in [-0.2, -0.15) is 0 Å². The van der Waals surface area contributed by atoms with E-state index in [0.29, 0.717) is 36.6 Å². The van der Waals surface area contributed by atoms with Gasteiger partial charge in [0.15, 0.2) is 11.5 Å². The lowest BCUT2D eigenvalue weighted by atomic mass is 10.1. The van der Waals surface area contributed by atoms with E-state index >= 15 is 0 Å². The summed E-state index contributed by atoms with van der Waals surface area (Å²) < 4.78 is 30.5. The van der Waals surface area contributed by atoms with Gasteiger partial charge in [-0.1, -0.05) is 65.7 Å². The first kappa shape index (κ1) is 37.4. The molecule has 0 amide bonds. The Morgan fingerprint density at radius 1 is 0.930 bits per heavy atom. The molecule has 0 aliphatic rings. The molecule has 0 aliphatic heterocycles. The van der Waals surface area contributed by atoms with E-state index in [1.54, 1.807) is 17.8 Å². The number of imidazole rings is 1. The molecule has 10 nitrogen and oxygen atoms in total. The Kier molecular flexibility index (Phi) is 18.3. The van der Waals surface area contributed by atoms with E-state index in [1.807, 2.05) is 0 Å². The molecular formula is C31H56N5O5PSi. The fraction of sp³-hybridized carbons (Fsp3) is 0.774. The van der Waals surface area contributed by atoms with Gasteiger partial charge in [-0.05, 0) is 44.3 Å². The minimum atomic E-state index is -3.85. The van der Waals surface area contributed by atoms with Crippen molar-refractivity contribution < 1.29 is 23.5 Å². The summed E-state index contributed by atoms with van der Waals surface area (Å²) in [7, 11) is -5.11. The highest BCUT2D eigenvalue weighted by molar-refractivity contribution is 7.52. The van der Waals surface area contributed by atoms with Gasteiger partial charge in [0.1, 0.15) is 26.3 Å². The van der Waals surface area contributed by atoms with Crippen LogP contribution in [-0.2, 0) is 25.1 Å². The van der Waals surface area contributed by atoms with Crippen LogP contribution in [0.25, 0.3) is 11.2 Å². The molecule has 2 rings (SSSR count). The van der Waals surface area contributed by atoms with Gasteiger partial charge in [0.2, 0.25) is 0 Å². The number of nitrogens with two attached hydrogens (primary N) is 1. The maximum Gasteiger partial charge on any atom is 0.353 e. The zero-order valence-corrected chi connectivity index (χ0v) is 29.0. The quantitative estimate of drug-likeness (QED) is 0.0525.